The summed E-state index contributed by atoms with van der Waals surface area (Å²) in [5.74, 6) is 0. The molecule has 0 aliphatic rings. The lowest BCUT2D eigenvalue weighted by atomic mass is 10.5. The number of nitrogens with zero attached hydrogens (tertiary/aromatic N) is 3. The topological polar surface area (TPSA) is 38.7 Å². The van der Waals surface area contributed by atoms with Gasteiger partial charge in [0, 0.05) is 6.20 Å². The molecule has 5 heteroatoms. The Balaban J connectivity index is 2.19. The van der Waals surface area contributed by atoms with Crippen molar-refractivity contribution in [3.05, 3.63) is 41.9 Å². The molecule has 14 heavy (non-hydrogen) atoms. The van der Waals surface area contributed by atoms with Gasteiger partial charge in [-0.15, -0.1) is 0 Å². The Labute approximate surface area is 90.6 Å². The van der Waals surface area contributed by atoms with Crippen LogP contribution in [0.1, 0.15) is 0 Å². The van der Waals surface area contributed by atoms with Crippen molar-refractivity contribution in [2.24, 2.45) is 0 Å². The Bertz CT molecular complexity index is 421. The first kappa shape index (κ1) is 9.43. The van der Waals surface area contributed by atoms with Gasteiger partial charge >= 0.3 is 0 Å². The molecule has 0 N–H and O–H groups in total. The van der Waals surface area contributed by atoms with E-state index in [4.69, 9.17) is 11.6 Å². The van der Waals surface area contributed by atoms with Crippen molar-refractivity contribution in [1.82, 2.24) is 15.0 Å². The van der Waals surface area contributed by atoms with Crippen LogP contribution in [0.25, 0.3) is 0 Å². The lowest BCUT2D eigenvalue weighted by Crippen LogP contribution is -1.83. The molecule has 0 aliphatic carbocycles. The van der Waals surface area contributed by atoms with E-state index in [1.165, 1.54) is 18.1 Å². The van der Waals surface area contributed by atoms with Crippen molar-refractivity contribution in [1.29, 1.82) is 0 Å². The second-order valence-corrected chi connectivity index (χ2v) is 3.88. The summed E-state index contributed by atoms with van der Waals surface area (Å²) in [6, 6.07) is 7.32. The predicted octanol–water partition coefficient (Wildman–Crippen LogP) is 2.68. The van der Waals surface area contributed by atoms with Gasteiger partial charge in [0.1, 0.15) is 21.5 Å². The first-order valence-electron chi connectivity index (χ1n) is 3.91. The Hall–Kier alpha value is -1.13. The van der Waals surface area contributed by atoms with Gasteiger partial charge < -0.3 is 0 Å². The van der Waals surface area contributed by atoms with Crippen molar-refractivity contribution in [2.75, 3.05) is 0 Å². The van der Waals surface area contributed by atoms with Crippen LogP contribution in [0, 0.1) is 0 Å². The van der Waals surface area contributed by atoms with Gasteiger partial charge in [0.2, 0.25) is 0 Å². The molecule has 0 fully saturated rings. The largest absolute Gasteiger partial charge is 0.245 e. The molecular formula is C9H6ClN3S. The molecule has 2 rings (SSSR count). The average Bonchev–Trinajstić information content (AvgIpc) is 2.19. The third-order valence-electron chi connectivity index (χ3n) is 1.45. The molecule has 0 saturated carbocycles. The van der Waals surface area contributed by atoms with Crippen molar-refractivity contribution in [3.63, 3.8) is 0 Å². The van der Waals surface area contributed by atoms with E-state index < -0.39 is 0 Å². The van der Waals surface area contributed by atoms with Gasteiger partial charge in [-0.2, -0.15) is 0 Å². The number of rotatable bonds is 2. The molecule has 0 saturated heterocycles. The summed E-state index contributed by atoms with van der Waals surface area (Å²) in [4.78, 5) is 12.0. The minimum absolute atomic E-state index is 0.490. The van der Waals surface area contributed by atoms with E-state index in [0.717, 1.165) is 10.1 Å². The fourth-order valence-corrected chi connectivity index (χ4v) is 1.84. The fourth-order valence-electron chi connectivity index (χ4n) is 0.893. The maximum Gasteiger partial charge on any atom is 0.130 e. The van der Waals surface area contributed by atoms with Crippen LogP contribution in [0.5, 0.6) is 0 Å². The van der Waals surface area contributed by atoms with E-state index in [1.54, 1.807) is 12.3 Å². The molecule has 0 bridgehead atoms. The van der Waals surface area contributed by atoms with Crippen LogP contribution in [0.2, 0.25) is 5.15 Å². The fraction of sp³-hybridized carbons (Fsp3) is 0. The zero-order valence-electron chi connectivity index (χ0n) is 7.09. The van der Waals surface area contributed by atoms with Crippen LogP contribution < -0.4 is 0 Å². The highest BCUT2D eigenvalue weighted by Gasteiger charge is 1.99. The predicted molar refractivity (Wildman–Crippen MR) is 55.4 cm³/mol. The van der Waals surface area contributed by atoms with Crippen LogP contribution >= 0.6 is 23.4 Å². The molecule has 0 aromatic carbocycles. The third kappa shape index (κ3) is 2.43. The number of pyridine rings is 1. The van der Waals surface area contributed by atoms with Gasteiger partial charge in [-0.25, -0.2) is 15.0 Å². The summed E-state index contributed by atoms with van der Waals surface area (Å²) in [7, 11) is 0. The Morgan fingerprint density at radius 2 is 2.07 bits per heavy atom. The van der Waals surface area contributed by atoms with Crippen LogP contribution in [-0.2, 0) is 0 Å². The summed E-state index contributed by atoms with van der Waals surface area (Å²) in [6.45, 7) is 0. The summed E-state index contributed by atoms with van der Waals surface area (Å²) < 4.78 is 0. The van der Waals surface area contributed by atoms with E-state index in [1.807, 2.05) is 18.2 Å². The summed E-state index contributed by atoms with van der Waals surface area (Å²) >= 11 is 7.21. The molecule has 0 atom stereocenters. The third-order valence-corrected chi connectivity index (χ3v) is 2.55. The zero-order chi connectivity index (χ0) is 9.80. The number of hydrogen-bond donors (Lipinski definition) is 0. The van der Waals surface area contributed by atoms with Gasteiger partial charge in [0.15, 0.2) is 0 Å². The second-order valence-electron chi connectivity index (χ2n) is 2.45. The molecular weight excluding hydrogens is 218 g/mol. The van der Waals surface area contributed by atoms with Gasteiger partial charge in [0.25, 0.3) is 0 Å². The molecule has 0 aliphatic heterocycles. The van der Waals surface area contributed by atoms with E-state index in [-0.39, 0.29) is 0 Å². The van der Waals surface area contributed by atoms with Crippen LogP contribution in [0.3, 0.4) is 0 Å². The molecule has 0 unspecified atom stereocenters. The average molecular weight is 224 g/mol. The number of halogens is 1. The normalized spacial score (nSPS) is 10.1. The van der Waals surface area contributed by atoms with Crippen LogP contribution in [0.15, 0.2) is 46.8 Å². The number of aromatic nitrogens is 3. The van der Waals surface area contributed by atoms with Crippen molar-refractivity contribution < 1.29 is 0 Å². The molecule has 0 amide bonds. The minimum Gasteiger partial charge on any atom is -0.245 e. The Morgan fingerprint density at radius 3 is 2.79 bits per heavy atom. The van der Waals surface area contributed by atoms with Crippen molar-refractivity contribution >= 4 is 23.4 Å². The van der Waals surface area contributed by atoms with Gasteiger partial charge in [-0.05, 0) is 30.0 Å². The minimum atomic E-state index is 0.490. The molecule has 2 aromatic rings. The van der Waals surface area contributed by atoms with Crippen LogP contribution in [0.4, 0.5) is 0 Å². The smallest absolute Gasteiger partial charge is 0.130 e. The lowest BCUT2D eigenvalue weighted by Gasteiger charge is -1.98. The van der Waals surface area contributed by atoms with E-state index in [9.17, 15) is 0 Å². The molecule has 70 valence electrons. The van der Waals surface area contributed by atoms with Gasteiger partial charge in [-0.1, -0.05) is 17.7 Å². The van der Waals surface area contributed by atoms with Crippen molar-refractivity contribution in [2.45, 2.75) is 10.1 Å². The Kier molecular flexibility index (Phi) is 2.96. The SMILES string of the molecule is Clc1cccc(Sc2ccncn2)n1. The van der Waals surface area contributed by atoms with E-state index >= 15 is 0 Å². The highest BCUT2D eigenvalue weighted by Crippen LogP contribution is 2.23. The molecule has 3 nitrogen and oxygen atoms in total. The summed E-state index contributed by atoms with van der Waals surface area (Å²) in [5.41, 5.74) is 0. The van der Waals surface area contributed by atoms with Gasteiger partial charge in [0.05, 0.1) is 0 Å². The Morgan fingerprint density at radius 1 is 1.14 bits per heavy atom. The highest BCUT2D eigenvalue weighted by atomic mass is 35.5. The summed E-state index contributed by atoms with van der Waals surface area (Å²) in [6.07, 6.45) is 3.20. The standard InChI is InChI=1S/C9H6ClN3S/c10-7-2-1-3-9(13-7)14-8-4-5-11-6-12-8/h1-6H. The first-order chi connectivity index (χ1) is 6.84. The van der Waals surface area contributed by atoms with Gasteiger partial charge in [-0.3, -0.25) is 0 Å². The first-order valence-corrected chi connectivity index (χ1v) is 5.10. The zero-order valence-corrected chi connectivity index (χ0v) is 8.66. The second kappa shape index (κ2) is 4.39. The molecule has 2 heterocycles. The molecule has 0 spiro atoms. The maximum absolute atomic E-state index is 5.75. The molecule has 2 aromatic heterocycles. The van der Waals surface area contributed by atoms with E-state index in [2.05, 4.69) is 15.0 Å². The monoisotopic (exact) mass is 223 g/mol. The van der Waals surface area contributed by atoms with E-state index in [0.29, 0.717) is 5.15 Å². The van der Waals surface area contributed by atoms with Crippen molar-refractivity contribution in [3.8, 4) is 0 Å². The summed E-state index contributed by atoms with van der Waals surface area (Å²) in [5, 5.41) is 2.18. The maximum atomic E-state index is 5.75. The highest BCUT2D eigenvalue weighted by molar-refractivity contribution is 7.99. The quantitative estimate of drug-likeness (QED) is 0.580. The molecule has 0 radical (unpaired) electrons. The van der Waals surface area contributed by atoms with Crippen LogP contribution in [-0.4, -0.2) is 15.0 Å². The lowest BCUT2D eigenvalue weighted by molar-refractivity contribution is 1.04. The number of hydrogen-bond acceptors (Lipinski definition) is 4.